The second kappa shape index (κ2) is 10.9. The van der Waals surface area contributed by atoms with Gasteiger partial charge in [0.15, 0.2) is 29.3 Å². The number of aliphatic hydroxyl groups excluding tert-OH is 1. The van der Waals surface area contributed by atoms with Crippen molar-refractivity contribution in [1.82, 2.24) is 24.8 Å². The minimum Gasteiger partial charge on any atom is -0.489 e. The van der Waals surface area contributed by atoms with Gasteiger partial charge >= 0.3 is 0 Å². The van der Waals surface area contributed by atoms with Gasteiger partial charge in [0, 0.05) is 24.2 Å². The van der Waals surface area contributed by atoms with Crippen LogP contribution in [0.3, 0.4) is 0 Å². The molecule has 0 unspecified atom stereocenters. The van der Waals surface area contributed by atoms with Crippen LogP contribution < -0.4 is 21.1 Å². The zero-order valence-corrected chi connectivity index (χ0v) is 21.6. The number of rotatable bonds is 8. The summed E-state index contributed by atoms with van der Waals surface area (Å²) in [7, 11) is 1.48. The first kappa shape index (κ1) is 25.9. The number of anilines is 1. The largest absolute Gasteiger partial charge is 0.489 e. The molecule has 1 aliphatic heterocycles. The molecule has 1 saturated heterocycles. The van der Waals surface area contributed by atoms with E-state index in [1.165, 1.54) is 19.7 Å². The van der Waals surface area contributed by atoms with Crippen molar-refractivity contribution in [3.05, 3.63) is 76.8 Å². The van der Waals surface area contributed by atoms with Crippen molar-refractivity contribution in [2.75, 3.05) is 12.4 Å². The van der Waals surface area contributed by atoms with Gasteiger partial charge in [0.2, 0.25) is 0 Å². The summed E-state index contributed by atoms with van der Waals surface area (Å²) in [5, 5.41) is 17.0. The van der Waals surface area contributed by atoms with Crippen LogP contribution in [0.1, 0.15) is 22.9 Å². The number of nitrogens with two attached hydrogens (primary N) is 1. The van der Waals surface area contributed by atoms with Crippen molar-refractivity contribution in [1.29, 1.82) is 0 Å². The molecule has 11 nitrogen and oxygen atoms in total. The van der Waals surface area contributed by atoms with Crippen LogP contribution in [-0.4, -0.2) is 55.8 Å². The molecule has 3 heterocycles. The summed E-state index contributed by atoms with van der Waals surface area (Å²) in [6.07, 6.45) is -0.214. The average Bonchev–Trinajstić information content (AvgIpc) is 3.48. The monoisotopic (exact) mass is 537 g/mol. The number of hydrogen-bond acceptors (Lipinski definition) is 9. The Hall–Kier alpha value is -3.77. The van der Waals surface area contributed by atoms with E-state index in [-0.39, 0.29) is 0 Å². The third-order valence-corrected chi connectivity index (χ3v) is 6.81. The number of nitrogens with one attached hydrogen (secondary N) is 2. The third-order valence-electron chi connectivity index (χ3n) is 6.57. The zero-order valence-electron chi connectivity index (χ0n) is 20.8. The second-order valence-corrected chi connectivity index (χ2v) is 9.43. The highest BCUT2D eigenvalue weighted by molar-refractivity contribution is 6.30. The lowest BCUT2D eigenvalue weighted by atomic mass is 10.1. The number of amides is 1. The highest BCUT2D eigenvalue weighted by atomic mass is 35.5. The number of aliphatic hydroxyl groups is 1. The fourth-order valence-electron chi connectivity index (χ4n) is 4.40. The second-order valence-electron chi connectivity index (χ2n) is 9.00. The first-order chi connectivity index (χ1) is 18.4. The third kappa shape index (κ3) is 5.01. The molecule has 0 spiro atoms. The number of fused-ring (bicyclic) bond motifs is 1. The smallest absolute Gasteiger partial charge is 0.250 e. The predicted molar refractivity (Wildman–Crippen MR) is 142 cm³/mol. The molecule has 5 rings (SSSR count). The number of likely N-dealkylation sites (N-methyl/N-ethyl adjacent to an activating group) is 1. The fourth-order valence-corrected chi connectivity index (χ4v) is 4.60. The molecular formula is C26H28ClN7O4. The van der Waals surface area contributed by atoms with Crippen LogP contribution in [0.25, 0.3) is 11.2 Å². The maximum Gasteiger partial charge on any atom is 0.250 e. The summed E-state index contributed by atoms with van der Waals surface area (Å²) in [4.78, 5) is 25.2. The Labute approximate surface area is 224 Å². The molecule has 198 valence electrons. The van der Waals surface area contributed by atoms with Gasteiger partial charge in [0.1, 0.15) is 24.8 Å². The van der Waals surface area contributed by atoms with Crippen LogP contribution in [0.5, 0.6) is 5.75 Å². The number of imidazole rings is 1. The Balaban J connectivity index is 1.35. The number of aromatic nitrogens is 4. The maximum atomic E-state index is 12.1. The molecule has 1 aliphatic rings. The van der Waals surface area contributed by atoms with Gasteiger partial charge < -0.3 is 30.9 Å². The van der Waals surface area contributed by atoms with E-state index in [4.69, 9.17) is 26.8 Å². The molecule has 0 aliphatic carbocycles. The van der Waals surface area contributed by atoms with Crippen LogP contribution >= 0.6 is 11.6 Å². The van der Waals surface area contributed by atoms with Crippen molar-refractivity contribution in [3.63, 3.8) is 0 Å². The first-order valence-corrected chi connectivity index (χ1v) is 12.4. The van der Waals surface area contributed by atoms with Gasteiger partial charge in [-0.15, -0.1) is 0 Å². The molecule has 0 bridgehead atoms. The summed E-state index contributed by atoms with van der Waals surface area (Å²) in [6.45, 7) is 2.83. The number of nitrogens with zero attached hydrogens (tertiary/aromatic N) is 4. The standard InChI is InChI=1S/C26H28ClN7O4/c1-14-5-3-4-6-15(14)11-37-18-8-7-17(27)9-16(18)10-30-23-20-24(32-12-31-23)34(13-33-20)26-21(35)19(28)22(38-26)25(36)29-2/h3-9,12-13,19,21-22,26,35H,10-11,28H2,1-2H3,(H,29,36)(H,30,31,32)/t19-,21+,22-,26+/m0/s1. The van der Waals surface area contributed by atoms with E-state index in [0.29, 0.717) is 40.9 Å². The van der Waals surface area contributed by atoms with E-state index in [1.54, 1.807) is 10.6 Å². The zero-order chi connectivity index (χ0) is 26.8. The molecule has 2 aromatic heterocycles. The molecule has 2 aromatic carbocycles. The van der Waals surface area contributed by atoms with Crippen LogP contribution in [0.2, 0.25) is 5.02 Å². The Kier molecular flexibility index (Phi) is 7.43. The molecule has 0 saturated carbocycles. The lowest BCUT2D eigenvalue weighted by molar-refractivity contribution is -0.134. The summed E-state index contributed by atoms with van der Waals surface area (Å²) in [5.41, 5.74) is 10.0. The molecule has 4 atom stereocenters. The lowest BCUT2D eigenvalue weighted by Gasteiger charge is -2.17. The number of aryl methyl sites for hydroxylation is 1. The summed E-state index contributed by atoms with van der Waals surface area (Å²) < 4.78 is 13.5. The van der Waals surface area contributed by atoms with E-state index in [9.17, 15) is 9.90 Å². The highest BCUT2D eigenvalue weighted by Crippen LogP contribution is 2.32. The number of carbonyl (C=O) groups is 1. The van der Waals surface area contributed by atoms with E-state index in [2.05, 4.69) is 25.6 Å². The van der Waals surface area contributed by atoms with Gasteiger partial charge in [-0.1, -0.05) is 35.9 Å². The average molecular weight is 538 g/mol. The predicted octanol–water partition coefficient (Wildman–Crippen LogP) is 2.31. The van der Waals surface area contributed by atoms with E-state index < -0.39 is 30.4 Å². The van der Waals surface area contributed by atoms with E-state index >= 15 is 0 Å². The molecule has 1 amide bonds. The van der Waals surface area contributed by atoms with Crippen LogP contribution in [0.15, 0.2) is 55.1 Å². The lowest BCUT2D eigenvalue weighted by Crippen LogP contribution is -2.46. The molecule has 12 heteroatoms. The van der Waals surface area contributed by atoms with Gasteiger partial charge in [-0.2, -0.15) is 0 Å². The van der Waals surface area contributed by atoms with Crippen molar-refractivity contribution in [3.8, 4) is 5.75 Å². The Morgan fingerprint density at radius 1 is 1.21 bits per heavy atom. The van der Waals surface area contributed by atoms with Gasteiger partial charge in [-0.05, 0) is 36.2 Å². The van der Waals surface area contributed by atoms with Crippen molar-refractivity contribution < 1.29 is 19.4 Å². The van der Waals surface area contributed by atoms with Gasteiger partial charge in [-0.3, -0.25) is 9.36 Å². The molecule has 4 aromatic rings. The van der Waals surface area contributed by atoms with Crippen LogP contribution in [-0.2, 0) is 22.7 Å². The van der Waals surface area contributed by atoms with Crippen LogP contribution in [0, 0.1) is 6.92 Å². The van der Waals surface area contributed by atoms with Crippen molar-refractivity contribution in [2.24, 2.45) is 5.73 Å². The van der Waals surface area contributed by atoms with Gasteiger partial charge in [0.05, 0.1) is 12.4 Å². The SMILES string of the molecule is CNC(=O)[C@H]1O[C@@H](n2cnc3c(NCc4cc(Cl)ccc4OCc4ccccc4C)ncnc32)[C@H](O)[C@@H]1N. The number of carbonyl (C=O) groups excluding carboxylic acids is 1. The molecular weight excluding hydrogens is 510 g/mol. The molecule has 38 heavy (non-hydrogen) atoms. The minimum absolute atomic E-state index is 0.356. The van der Waals surface area contributed by atoms with Gasteiger partial charge in [0.25, 0.3) is 5.91 Å². The maximum absolute atomic E-state index is 12.1. The first-order valence-electron chi connectivity index (χ1n) is 12.0. The summed E-state index contributed by atoms with van der Waals surface area (Å²) in [5.74, 6) is 0.748. The fraction of sp³-hybridized carbons (Fsp3) is 0.308. The Morgan fingerprint density at radius 2 is 2.03 bits per heavy atom. The number of benzene rings is 2. The number of ether oxygens (including phenoxy) is 2. The van der Waals surface area contributed by atoms with Gasteiger partial charge in [-0.25, -0.2) is 15.0 Å². The van der Waals surface area contributed by atoms with Crippen LogP contribution in [0.4, 0.5) is 5.82 Å². The molecule has 5 N–H and O–H groups in total. The highest BCUT2D eigenvalue weighted by Gasteiger charge is 2.46. The minimum atomic E-state index is -1.14. The number of halogens is 1. The quantitative estimate of drug-likeness (QED) is 0.265. The topological polar surface area (TPSA) is 149 Å². The van der Waals surface area contributed by atoms with Crippen molar-refractivity contribution >= 4 is 34.5 Å². The van der Waals surface area contributed by atoms with E-state index in [1.807, 2.05) is 43.3 Å². The van der Waals surface area contributed by atoms with Crippen molar-refractivity contribution in [2.45, 2.75) is 44.6 Å². The Morgan fingerprint density at radius 3 is 2.82 bits per heavy atom. The molecule has 1 fully saturated rings. The number of hydrogen-bond donors (Lipinski definition) is 4. The normalized spacial score (nSPS) is 21.0. The molecule has 0 radical (unpaired) electrons. The summed E-state index contributed by atoms with van der Waals surface area (Å²) >= 11 is 6.28. The summed E-state index contributed by atoms with van der Waals surface area (Å²) in [6, 6.07) is 12.6. The van der Waals surface area contributed by atoms with E-state index in [0.717, 1.165) is 16.7 Å². The Bertz CT molecular complexity index is 1460.